The number of carbonyl (C=O) groups excluding carboxylic acids is 5. The molecule has 0 fully saturated rings. The van der Waals surface area contributed by atoms with Gasteiger partial charge in [0.25, 0.3) is 11.8 Å². The van der Waals surface area contributed by atoms with Gasteiger partial charge in [0.2, 0.25) is 12.0 Å². The summed E-state index contributed by atoms with van der Waals surface area (Å²) in [4.78, 5) is 84.3. The number of hydroxylamine groups is 2. The smallest absolute Gasteiger partial charge is 0.408 e. The van der Waals surface area contributed by atoms with E-state index >= 15 is 0 Å². The monoisotopic (exact) mass is 747 g/mol. The van der Waals surface area contributed by atoms with Crippen LogP contribution in [0, 0.1) is 0 Å². The lowest BCUT2D eigenvalue weighted by Gasteiger charge is -2.23. The second kappa shape index (κ2) is 17.7. The number of nitrogens with zero attached hydrogens (tertiary/aromatic N) is 2. The van der Waals surface area contributed by atoms with Crippen LogP contribution in [0.15, 0.2) is 66.9 Å². The summed E-state index contributed by atoms with van der Waals surface area (Å²) in [6.45, 7) is 10.3. The fraction of sp³-hybridized carbons (Fsp3) is 0.395. The fourth-order valence-corrected chi connectivity index (χ4v) is 5.00. The van der Waals surface area contributed by atoms with Crippen molar-refractivity contribution in [1.82, 2.24) is 20.7 Å². The molecule has 3 aromatic rings. The summed E-state index contributed by atoms with van der Waals surface area (Å²) in [6.07, 6.45) is -0.124. The van der Waals surface area contributed by atoms with Crippen molar-refractivity contribution in [2.45, 2.75) is 84.2 Å². The van der Waals surface area contributed by atoms with Crippen LogP contribution in [-0.4, -0.2) is 87.5 Å². The molecule has 2 aromatic carbocycles. The van der Waals surface area contributed by atoms with Crippen molar-refractivity contribution >= 4 is 41.7 Å². The minimum absolute atomic E-state index is 0.116. The summed E-state index contributed by atoms with van der Waals surface area (Å²) in [5.41, 5.74) is 0.257. The summed E-state index contributed by atoms with van der Waals surface area (Å²) in [5.74, 6) is -2.91. The van der Waals surface area contributed by atoms with E-state index in [4.69, 9.17) is 19.0 Å². The van der Waals surface area contributed by atoms with Gasteiger partial charge >= 0.3 is 18.2 Å². The Morgan fingerprint density at radius 2 is 1.39 bits per heavy atom. The Morgan fingerprint density at radius 3 is 1.94 bits per heavy atom. The lowest BCUT2D eigenvalue weighted by molar-refractivity contribution is -0.178. The van der Waals surface area contributed by atoms with Crippen LogP contribution in [0.5, 0.6) is 5.75 Å². The molecule has 16 nitrogen and oxygen atoms in total. The maximum Gasteiger partial charge on any atom is 0.408 e. The number of carbonyl (C=O) groups is 6. The molecule has 1 aliphatic rings. The predicted molar refractivity (Wildman–Crippen MR) is 194 cm³/mol. The molecular formula is C38H45N5O11. The third-order valence-electron chi connectivity index (χ3n) is 7.46. The number of nitrogens with one attached hydrogen (secondary N) is 3. The van der Waals surface area contributed by atoms with E-state index in [1.54, 1.807) is 96.3 Å². The molecule has 0 saturated carbocycles. The maximum absolute atomic E-state index is 13.3. The number of rotatable bonds is 15. The number of amides is 5. The summed E-state index contributed by atoms with van der Waals surface area (Å²) in [6, 6.07) is 15.1. The van der Waals surface area contributed by atoms with Gasteiger partial charge in [0.1, 0.15) is 35.4 Å². The number of carboxylic acid groups (broad SMARTS) is 1. The number of benzene rings is 2. The average Bonchev–Trinajstić information content (AvgIpc) is 3.33. The van der Waals surface area contributed by atoms with E-state index in [-0.39, 0.29) is 23.4 Å². The summed E-state index contributed by atoms with van der Waals surface area (Å²) in [5, 5.41) is 18.1. The van der Waals surface area contributed by atoms with Crippen LogP contribution in [0.3, 0.4) is 0 Å². The SMILES string of the molecule is CC(C)(C)OC(=O)NCCCCC(NC(=O)OC(C)(C)C)C(=O)Nc1ccc(-c2ccc(OCC(ON3C(=O)c4ccccc4C3=O)C(=O)O)cc2)cn1. The predicted octanol–water partition coefficient (Wildman–Crippen LogP) is 5.34. The first-order valence-electron chi connectivity index (χ1n) is 17.2. The number of aromatic nitrogens is 1. The molecule has 1 aromatic heterocycles. The zero-order chi connectivity index (χ0) is 39.6. The third kappa shape index (κ3) is 12.0. The molecular weight excluding hydrogens is 702 g/mol. The van der Waals surface area contributed by atoms with E-state index in [2.05, 4.69) is 20.9 Å². The molecule has 54 heavy (non-hydrogen) atoms. The number of hydrogen-bond acceptors (Lipinski definition) is 11. The Balaban J connectivity index is 1.31. The molecule has 0 aliphatic carbocycles. The first-order valence-corrected chi connectivity index (χ1v) is 17.2. The molecule has 0 saturated heterocycles. The molecule has 5 amide bonds. The highest BCUT2D eigenvalue weighted by molar-refractivity contribution is 6.20. The van der Waals surface area contributed by atoms with E-state index < -0.39 is 65.8 Å². The van der Waals surface area contributed by atoms with Crippen molar-refractivity contribution in [3.8, 4) is 16.9 Å². The van der Waals surface area contributed by atoms with Gasteiger partial charge < -0.3 is 35.3 Å². The highest BCUT2D eigenvalue weighted by atomic mass is 16.7. The topological polar surface area (TPSA) is 212 Å². The first-order chi connectivity index (χ1) is 25.4. The summed E-state index contributed by atoms with van der Waals surface area (Å²) >= 11 is 0. The van der Waals surface area contributed by atoms with Crippen LogP contribution in [0.25, 0.3) is 11.1 Å². The minimum atomic E-state index is -1.65. The number of anilines is 1. The Hall–Kier alpha value is -6.03. The number of unbranched alkanes of at least 4 members (excludes halogenated alkanes) is 1. The normalized spacial score (nSPS) is 13.7. The van der Waals surface area contributed by atoms with E-state index in [0.717, 1.165) is 5.56 Å². The second-order valence-electron chi connectivity index (χ2n) is 14.3. The average molecular weight is 748 g/mol. The van der Waals surface area contributed by atoms with Crippen molar-refractivity contribution in [3.63, 3.8) is 0 Å². The number of ether oxygens (including phenoxy) is 3. The van der Waals surface area contributed by atoms with Crippen LogP contribution in [-0.2, 0) is 23.9 Å². The molecule has 2 unspecified atom stereocenters. The fourth-order valence-electron chi connectivity index (χ4n) is 5.00. The van der Waals surface area contributed by atoms with Crippen LogP contribution in [0.2, 0.25) is 0 Å². The van der Waals surface area contributed by atoms with Gasteiger partial charge in [-0.3, -0.25) is 14.4 Å². The first kappa shape index (κ1) is 40.7. The van der Waals surface area contributed by atoms with Crippen molar-refractivity contribution in [2.75, 3.05) is 18.5 Å². The van der Waals surface area contributed by atoms with Crippen molar-refractivity contribution in [2.24, 2.45) is 0 Å². The van der Waals surface area contributed by atoms with Crippen molar-refractivity contribution in [1.29, 1.82) is 0 Å². The molecule has 0 bridgehead atoms. The maximum atomic E-state index is 13.3. The zero-order valence-corrected chi connectivity index (χ0v) is 31.0. The van der Waals surface area contributed by atoms with Gasteiger partial charge in [0, 0.05) is 18.3 Å². The summed E-state index contributed by atoms with van der Waals surface area (Å²) < 4.78 is 16.2. The largest absolute Gasteiger partial charge is 0.490 e. The number of hydrogen-bond donors (Lipinski definition) is 4. The molecule has 288 valence electrons. The molecule has 0 spiro atoms. The van der Waals surface area contributed by atoms with Crippen LogP contribution in [0.1, 0.15) is 81.5 Å². The van der Waals surface area contributed by atoms with Gasteiger partial charge in [-0.2, -0.15) is 0 Å². The number of imide groups is 1. The van der Waals surface area contributed by atoms with E-state index in [0.29, 0.717) is 35.8 Å². The molecule has 4 N–H and O–H groups in total. The van der Waals surface area contributed by atoms with Crippen molar-refractivity contribution in [3.05, 3.63) is 78.0 Å². The second-order valence-corrected chi connectivity index (χ2v) is 14.3. The third-order valence-corrected chi connectivity index (χ3v) is 7.46. The molecule has 2 heterocycles. The van der Waals surface area contributed by atoms with Gasteiger partial charge in [0.05, 0.1) is 11.1 Å². The summed E-state index contributed by atoms with van der Waals surface area (Å²) in [7, 11) is 0. The lowest BCUT2D eigenvalue weighted by Crippen LogP contribution is -2.46. The van der Waals surface area contributed by atoms with Gasteiger partial charge in [-0.05, 0) is 103 Å². The van der Waals surface area contributed by atoms with Crippen LogP contribution < -0.4 is 20.7 Å². The van der Waals surface area contributed by atoms with E-state index in [9.17, 15) is 33.9 Å². The van der Waals surface area contributed by atoms with Gasteiger partial charge in [0.15, 0.2) is 0 Å². The number of alkyl carbamates (subject to hydrolysis) is 2. The molecule has 4 rings (SSSR count). The van der Waals surface area contributed by atoms with Gasteiger partial charge in [-0.1, -0.05) is 24.3 Å². The Bertz CT molecular complexity index is 1800. The Morgan fingerprint density at radius 1 is 0.796 bits per heavy atom. The van der Waals surface area contributed by atoms with Gasteiger partial charge in [-0.15, -0.1) is 5.06 Å². The zero-order valence-electron chi connectivity index (χ0n) is 31.0. The van der Waals surface area contributed by atoms with E-state index in [1.165, 1.54) is 12.1 Å². The van der Waals surface area contributed by atoms with E-state index in [1.807, 2.05) is 0 Å². The quantitative estimate of drug-likeness (QED) is 0.115. The van der Waals surface area contributed by atoms with Crippen molar-refractivity contribution < 1.29 is 52.9 Å². The minimum Gasteiger partial charge on any atom is -0.490 e. The number of pyridine rings is 1. The molecule has 16 heteroatoms. The highest BCUT2D eigenvalue weighted by Crippen LogP contribution is 2.25. The molecule has 0 radical (unpaired) electrons. The Kier molecular flexibility index (Phi) is 13.3. The highest BCUT2D eigenvalue weighted by Gasteiger charge is 2.39. The Labute approximate surface area is 312 Å². The lowest BCUT2D eigenvalue weighted by atomic mass is 10.1. The number of fused-ring (bicyclic) bond motifs is 1. The van der Waals surface area contributed by atoms with Gasteiger partial charge in [-0.25, -0.2) is 24.2 Å². The standard InChI is InChI=1S/C38H45N5O11/c1-37(2,3)52-35(49)39-20-10-9-13-28(41-36(50)53-38(4,5)6)31(44)42-30-19-16-24(21-40-30)23-14-17-25(18-15-23)51-22-29(34(47)48)54-43-32(45)26-11-7-8-12-27(26)33(43)46/h7-8,11-12,14-19,21,28-29H,9-10,13,20,22H2,1-6H3,(H,39,49)(H,41,50)(H,47,48)(H,40,42,44). The number of aliphatic carboxylic acids is 1. The molecule has 1 aliphatic heterocycles. The number of carboxylic acids is 1. The van der Waals surface area contributed by atoms with Crippen LogP contribution >= 0.6 is 0 Å². The van der Waals surface area contributed by atoms with Crippen LogP contribution in [0.4, 0.5) is 15.4 Å². The molecule has 2 atom stereocenters.